The summed E-state index contributed by atoms with van der Waals surface area (Å²) in [6, 6.07) is 6.44. The van der Waals surface area contributed by atoms with Crippen molar-refractivity contribution in [3.63, 3.8) is 0 Å². The van der Waals surface area contributed by atoms with Crippen LogP contribution in [0, 0.1) is 20.8 Å². The van der Waals surface area contributed by atoms with Crippen LogP contribution in [0.15, 0.2) is 24.5 Å². The molecule has 0 saturated heterocycles. The lowest BCUT2D eigenvalue weighted by Crippen LogP contribution is -2.04. The minimum atomic E-state index is 0.865. The fourth-order valence-electron chi connectivity index (χ4n) is 2.15. The molecule has 0 spiro atoms. The number of hydrogen-bond donors (Lipinski definition) is 1. The molecule has 1 N–H and O–H groups in total. The van der Waals surface area contributed by atoms with E-state index in [9.17, 15) is 0 Å². The van der Waals surface area contributed by atoms with Gasteiger partial charge in [0, 0.05) is 17.7 Å². The molecule has 1 heterocycles. The van der Waals surface area contributed by atoms with E-state index in [0.29, 0.717) is 0 Å². The molecule has 0 aliphatic carbocycles. The predicted octanol–water partition coefficient (Wildman–Crippen LogP) is 3.50. The molecule has 0 bridgehead atoms. The Bertz CT molecular complexity index is 562. The number of benzene rings is 1. The number of nitrogens with one attached hydrogen (secondary N) is 1. The van der Waals surface area contributed by atoms with Gasteiger partial charge in [0.15, 0.2) is 0 Å². The standard InChI is InChI=1S/C15H19N3/c1-5-16-15-12(4)14(17-9-18-15)13-7-6-10(2)8-11(13)3/h6-9H,5H2,1-4H3,(H,16,17,18). The highest BCUT2D eigenvalue weighted by atomic mass is 15.0. The van der Waals surface area contributed by atoms with E-state index in [1.807, 2.05) is 0 Å². The highest BCUT2D eigenvalue weighted by Gasteiger charge is 2.10. The van der Waals surface area contributed by atoms with E-state index in [0.717, 1.165) is 23.6 Å². The van der Waals surface area contributed by atoms with E-state index in [1.165, 1.54) is 16.7 Å². The first-order valence-electron chi connectivity index (χ1n) is 6.26. The fraction of sp³-hybridized carbons (Fsp3) is 0.333. The molecule has 3 nitrogen and oxygen atoms in total. The van der Waals surface area contributed by atoms with Gasteiger partial charge in [-0.3, -0.25) is 0 Å². The topological polar surface area (TPSA) is 37.8 Å². The Balaban J connectivity index is 2.53. The number of rotatable bonds is 3. The average molecular weight is 241 g/mol. The van der Waals surface area contributed by atoms with E-state index >= 15 is 0 Å². The molecule has 1 aromatic carbocycles. The average Bonchev–Trinajstić information content (AvgIpc) is 2.33. The van der Waals surface area contributed by atoms with Crippen LogP contribution >= 0.6 is 0 Å². The number of aromatic nitrogens is 2. The molecule has 0 saturated carbocycles. The third-order valence-corrected chi connectivity index (χ3v) is 3.07. The molecular weight excluding hydrogens is 222 g/mol. The van der Waals surface area contributed by atoms with E-state index in [1.54, 1.807) is 6.33 Å². The van der Waals surface area contributed by atoms with E-state index in [-0.39, 0.29) is 0 Å². The predicted molar refractivity (Wildman–Crippen MR) is 75.8 cm³/mol. The van der Waals surface area contributed by atoms with Crippen LogP contribution in [-0.4, -0.2) is 16.5 Å². The first-order chi connectivity index (χ1) is 8.63. The van der Waals surface area contributed by atoms with Gasteiger partial charge in [-0.05, 0) is 33.3 Å². The van der Waals surface area contributed by atoms with Crippen LogP contribution in [0.5, 0.6) is 0 Å². The van der Waals surface area contributed by atoms with Crippen LogP contribution in [-0.2, 0) is 0 Å². The quantitative estimate of drug-likeness (QED) is 0.893. The molecular formula is C15H19N3. The minimum Gasteiger partial charge on any atom is -0.370 e. The lowest BCUT2D eigenvalue weighted by Gasteiger charge is -2.12. The van der Waals surface area contributed by atoms with Crippen LogP contribution in [0.4, 0.5) is 5.82 Å². The van der Waals surface area contributed by atoms with Gasteiger partial charge in [0.25, 0.3) is 0 Å². The summed E-state index contributed by atoms with van der Waals surface area (Å²) in [5.74, 6) is 0.919. The van der Waals surface area contributed by atoms with Crippen LogP contribution in [0.1, 0.15) is 23.6 Å². The van der Waals surface area contributed by atoms with Crippen LogP contribution in [0.2, 0.25) is 0 Å². The van der Waals surface area contributed by atoms with Gasteiger partial charge >= 0.3 is 0 Å². The first-order valence-corrected chi connectivity index (χ1v) is 6.26. The number of nitrogens with zero attached hydrogens (tertiary/aromatic N) is 2. The second-order valence-electron chi connectivity index (χ2n) is 4.54. The van der Waals surface area contributed by atoms with Gasteiger partial charge in [0.2, 0.25) is 0 Å². The summed E-state index contributed by atoms with van der Waals surface area (Å²) >= 11 is 0. The summed E-state index contributed by atoms with van der Waals surface area (Å²) in [7, 11) is 0. The molecule has 1 aromatic heterocycles. The van der Waals surface area contributed by atoms with Crippen molar-refractivity contribution < 1.29 is 0 Å². The van der Waals surface area contributed by atoms with Gasteiger partial charge in [-0.15, -0.1) is 0 Å². The van der Waals surface area contributed by atoms with Gasteiger partial charge in [-0.1, -0.05) is 23.8 Å². The van der Waals surface area contributed by atoms with Crippen molar-refractivity contribution in [1.29, 1.82) is 0 Å². The zero-order chi connectivity index (χ0) is 13.1. The molecule has 0 aliphatic rings. The Hall–Kier alpha value is -1.90. The zero-order valence-corrected chi connectivity index (χ0v) is 11.4. The van der Waals surface area contributed by atoms with Crippen molar-refractivity contribution in [1.82, 2.24) is 9.97 Å². The van der Waals surface area contributed by atoms with Crippen molar-refractivity contribution in [3.8, 4) is 11.3 Å². The second kappa shape index (κ2) is 5.17. The summed E-state index contributed by atoms with van der Waals surface area (Å²) in [6.07, 6.45) is 1.62. The number of aryl methyl sites for hydroxylation is 2. The molecule has 0 amide bonds. The number of anilines is 1. The maximum atomic E-state index is 4.43. The van der Waals surface area contributed by atoms with E-state index in [2.05, 4.69) is 61.2 Å². The maximum absolute atomic E-state index is 4.43. The third kappa shape index (κ3) is 2.35. The van der Waals surface area contributed by atoms with Crippen molar-refractivity contribution in [2.75, 3.05) is 11.9 Å². The smallest absolute Gasteiger partial charge is 0.132 e. The maximum Gasteiger partial charge on any atom is 0.132 e. The summed E-state index contributed by atoms with van der Waals surface area (Å²) in [5, 5.41) is 3.27. The minimum absolute atomic E-state index is 0.865. The van der Waals surface area contributed by atoms with Crippen molar-refractivity contribution in [2.45, 2.75) is 27.7 Å². The van der Waals surface area contributed by atoms with Crippen LogP contribution < -0.4 is 5.32 Å². The van der Waals surface area contributed by atoms with Crippen molar-refractivity contribution in [2.24, 2.45) is 0 Å². The molecule has 0 radical (unpaired) electrons. The van der Waals surface area contributed by atoms with Crippen molar-refractivity contribution >= 4 is 5.82 Å². The summed E-state index contributed by atoms with van der Waals surface area (Å²) in [5.41, 5.74) is 5.82. The Morgan fingerprint density at radius 3 is 2.56 bits per heavy atom. The van der Waals surface area contributed by atoms with Gasteiger partial charge in [0.1, 0.15) is 12.1 Å². The molecule has 0 unspecified atom stereocenters. The van der Waals surface area contributed by atoms with Gasteiger partial charge < -0.3 is 5.32 Å². The third-order valence-electron chi connectivity index (χ3n) is 3.07. The Morgan fingerprint density at radius 2 is 1.89 bits per heavy atom. The number of hydrogen-bond acceptors (Lipinski definition) is 3. The highest BCUT2D eigenvalue weighted by molar-refractivity contribution is 5.70. The van der Waals surface area contributed by atoms with E-state index < -0.39 is 0 Å². The zero-order valence-electron chi connectivity index (χ0n) is 11.4. The molecule has 2 aromatic rings. The largest absolute Gasteiger partial charge is 0.370 e. The summed E-state index contributed by atoms with van der Waals surface area (Å²) in [6.45, 7) is 9.22. The normalized spacial score (nSPS) is 10.4. The summed E-state index contributed by atoms with van der Waals surface area (Å²) in [4.78, 5) is 8.71. The fourth-order valence-corrected chi connectivity index (χ4v) is 2.15. The van der Waals surface area contributed by atoms with Gasteiger partial charge in [0.05, 0.1) is 5.69 Å². The molecule has 94 valence electrons. The molecule has 0 atom stereocenters. The van der Waals surface area contributed by atoms with Crippen LogP contribution in [0.25, 0.3) is 11.3 Å². The SMILES string of the molecule is CCNc1ncnc(-c2ccc(C)cc2C)c1C. The van der Waals surface area contributed by atoms with Crippen molar-refractivity contribution in [3.05, 3.63) is 41.2 Å². The molecule has 2 rings (SSSR count). The Labute approximate surface area is 108 Å². The second-order valence-corrected chi connectivity index (χ2v) is 4.54. The van der Waals surface area contributed by atoms with Gasteiger partial charge in [-0.2, -0.15) is 0 Å². The monoisotopic (exact) mass is 241 g/mol. The van der Waals surface area contributed by atoms with Gasteiger partial charge in [-0.25, -0.2) is 9.97 Å². The van der Waals surface area contributed by atoms with Crippen LogP contribution in [0.3, 0.4) is 0 Å². The first kappa shape index (κ1) is 12.6. The summed E-state index contributed by atoms with van der Waals surface area (Å²) < 4.78 is 0. The lowest BCUT2D eigenvalue weighted by molar-refractivity contribution is 1.08. The molecule has 0 fully saturated rings. The molecule has 0 aliphatic heterocycles. The Kier molecular flexibility index (Phi) is 3.60. The van der Waals surface area contributed by atoms with E-state index in [4.69, 9.17) is 0 Å². The highest BCUT2D eigenvalue weighted by Crippen LogP contribution is 2.27. The molecule has 18 heavy (non-hydrogen) atoms. The molecule has 3 heteroatoms. The lowest BCUT2D eigenvalue weighted by atomic mass is 10.0. The Morgan fingerprint density at radius 1 is 1.11 bits per heavy atom.